The van der Waals surface area contributed by atoms with Crippen LogP contribution in [0.1, 0.15) is 18.1 Å². The average Bonchev–Trinajstić information content (AvgIpc) is 2.46. The number of nitrogens with zero attached hydrogens (tertiary/aromatic N) is 1. The molecule has 1 aromatic rings. The van der Waals surface area contributed by atoms with Gasteiger partial charge in [0, 0.05) is 25.6 Å². The van der Waals surface area contributed by atoms with E-state index in [0.29, 0.717) is 32.7 Å². The summed E-state index contributed by atoms with van der Waals surface area (Å²) < 4.78 is 5.22. The normalized spacial score (nSPS) is 15.6. The summed E-state index contributed by atoms with van der Waals surface area (Å²) in [5.41, 5.74) is 1.87. The van der Waals surface area contributed by atoms with Crippen LogP contribution in [0.5, 0.6) is 0 Å². The van der Waals surface area contributed by atoms with E-state index < -0.39 is 0 Å². The molecule has 1 aromatic carbocycles. The lowest BCUT2D eigenvalue weighted by Crippen LogP contribution is -2.39. The summed E-state index contributed by atoms with van der Waals surface area (Å²) in [6, 6.07) is 7.64. The SMILES string of the molecule is CC(=O)Cc1ccccc1/C=C/C(=O)N1CCOCC1. The third kappa shape index (κ3) is 4.03. The highest BCUT2D eigenvalue weighted by Crippen LogP contribution is 2.12. The summed E-state index contributed by atoms with van der Waals surface area (Å²) in [6.45, 7) is 4.04. The van der Waals surface area contributed by atoms with Gasteiger partial charge < -0.3 is 9.64 Å². The number of ether oxygens (including phenoxy) is 1. The molecule has 0 unspecified atom stereocenters. The van der Waals surface area contributed by atoms with E-state index in [9.17, 15) is 9.59 Å². The number of amides is 1. The molecule has 0 bridgehead atoms. The van der Waals surface area contributed by atoms with Gasteiger partial charge in [-0.2, -0.15) is 0 Å². The van der Waals surface area contributed by atoms with Crippen molar-refractivity contribution in [2.45, 2.75) is 13.3 Å². The maximum atomic E-state index is 12.0. The van der Waals surface area contributed by atoms with Crippen molar-refractivity contribution in [2.24, 2.45) is 0 Å². The Morgan fingerprint density at radius 1 is 1.25 bits per heavy atom. The minimum atomic E-state index is -0.00840. The van der Waals surface area contributed by atoms with E-state index in [4.69, 9.17) is 4.74 Å². The van der Waals surface area contributed by atoms with E-state index in [1.807, 2.05) is 24.3 Å². The second-order valence-corrected chi connectivity index (χ2v) is 4.85. The van der Waals surface area contributed by atoms with Gasteiger partial charge in [-0.05, 0) is 24.1 Å². The van der Waals surface area contributed by atoms with Crippen LogP contribution in [0.25, 0.3) is 6.08 Å². The Labute approximate surface area is 119 Å². The first-order valence-corrected chi connectivity index (χ1v) is 6.79. The van der Waals surface area contributed by atoms with Gasteiger partial charge in [-0.3, -0.25) is 9.59 Å². The molecule has 0 N–H and O–H groups in total. The van der Waals surface area contributed by atoms with Crippen molar-refractivity contribution in [3.63, 3.8) is 0 Å². The Balaban J connectivity index is 2.06. The van der Waals surface area contributed by atoms with Crippen molar-refractivity contribution in [3.05, 3.63) is 41.5 Å². The number of ketones is 1. The molecule has 0 aliphatic carbocycles. The molecular weight excluding hydrogens is 254 g/mol. The highest BCUT2D eigenvalue weighted by molar-refractivity contribution is 5.92. The van der Waals surface area contributed by atoms with E-state index in [2.05, 4.69) is 0 Å². The van der Waals surface area contributed by atoms with Crippen LogP contribution in [-0.4, -0.2) is 42.9 Å². The number of morpholine rings is 1. The summed E-state index contributed by atoms with van der Waals surface area (Å²) >= 11 is 0. The van der Waals surface area contributed by atoms with Gasteiger partial charge in [0.15, 0.2) is 0 Å². The molecule has 1 aliphatic rings. The monoisotopic (exact) mass is 273 g/mol. The number of Topliss-reactive ketones (excluding diaryl/α,β-unsaturated/α-hetero) is 1. The number of carbonyl (C=O) groups excluding carboxylic acids is 2. The largest absolute Gasteiger partial charge is 0.378 e. The molecule has 0 spiro atoms. The van der Waals surface area contributed by atoms with E-state index >= 15 is 0 Å². The molecule has 1 saturated heterocycles. The Morgan fingerprint density at radius 2 is 1.95 bits per heavy atom. The van der Waals surface area contributed by atoms with E-state index in [-0.39, 0.29) is 11.7 Å². The molecule has 0 saturated carbocycles. The summed E-state index contributed by atoms with van der Waals surface area (Å²) in [7, 11) is 0. The fourth-order valence-electron chi connectivity index (χ4n) is 2.18. The Bertz CT molecular complexity index is 516. The predicted molar refractivity (Wildman–Crippen MR) is 77.3 cm³/mol. The highest BCUT2D eigenvalue weighted by Gasteiger charge is 2.14. The van der Waals surface area contributed by atoms with Crippen LogP contribution < -0.4 is 0 Å². The lowest BCUT2D eigenvalue weighted by atomic mass is 10.0. The molecule has 4 heteroatoms. The van der Waals surface area contributed by atoms with Crippen LogP contribution in [0.4, 0.5) is 0 Å². The van der Waals surface area contributed by atoms with Crippen LogP contribution in [0.3, 0.4) is 0 Å². The van der Waals surface area contributed by atoms with Crippen LogP contribution in [0.2, 0.25) is 0 Å². The molecule has 20 heavy (non-hydrogen) atoms. The number of hydrogen-bond acceptors (Lipinski definition) is 3. The minimum absolute atomic E-state index is 0.00840. The number of benzene rings is 1. The van der Waals surface area contributed by atoms with Crippen molar-refractivity contribution in [1.82, 2.24) is 4.90 Å². The number of carbonyl (C=O) groups is 2. The second kappa shape index (κ2) is 7.01. The van der Waals surface area contributed by atoms with Crippen LogP contribution in [0.15, 0.2) is 30.3 Å². The number of rotatable bonds is 4. The fraction of sp³-hybridized carbons (Fsp3) is 0.375. The third-order valence-electron chi connectivity index (χ3n) is 3.22. The molecule has 0 aromatic heterocycles. The molecule has 1 amide bonds. The Morgan fingerprint density at radius 3 is 2.65 bits per heavy atom. The molecule has 1 fully saturated rings. The van der Waals surface area contributed by atoms with E-state index in [1.54, 1.807) is 24.0 Å². The zero-order chi connectivity index (χ0) is 14.4. The summed E-state index contributed by atoms with van der Waals surface area (Å²) in [5.74, 6) is 0.108. The average molecular weight is 273 g/mol. The molecule has 106 valence electrons. The lowest BCUT2D eigenvalue weighted by Gasteiger charge is -2.25. The van der Waals surface area contributed by atoms with Crippen LogP contribution >= 0.6 is 0 Å². The van der Waals surface area contributed by atoms with Crippen molar-refractivity contribution < 1.29 is 14.3 Å². The molecule has 1 aliphatic heterocycles. The van der Waals surface area contributed by atoms with Gasteiger partial charge in [-0.25, -0.2) is 0 Å². The highest BCUT2D eigenvalue weighted by atomic mass is 16.5. The molecule has 0 atom stereocenters. The summed E-state index contributed by atoms with van der Waals surface area (Å²) in [6.07, 6.45) is 3.76. The standard InChI is InChI=1S/C16H19NO3/c1-13(18)12-15-5-3-2-4-14(15)6-7-16(19)17-8-10-20-11-9-17/h2-7H,8-12H2,1H3/b7-6+. The smallest absolute Gasteiger partial charge is 0.246 e. The zero-order valence-electron chi connectivity index (χ0n) is 11.7. The summed E-state index contributed by atoms with van der Waals surface area (Å²) in [5, 5.41) is 0. The molecule has 2 rings (SSSR count). The van der Waals surface area contributed by atoms with Crippen molar-refractivity contribution >= 4 is 17.8 Å². The maximum Gasteiger partial charge on any atom is 0.246 e. The second-order valence-electron chi connectivity index (χ2n) is 4.85. The fourth-order valence-corrected chi connectivity index (χ4v) is 2.18. The Hall–Kier alpha value is -1.94. The first-order chi connectivity index (χ1) is 9.66. The van der Waals surface area contributed by atoms with Crippen molar-refractivity contribution in [3.8, 4) is 0 Å². The third-order valence-corrected chi connectivity index (χ3v) is 3.22. The zero-order valence-corrected chi connectivity index (χ0v) is 11.7. The topological polar surface area (TPSA) is 46.6 Å². The number of hydrogen-bond donors (Lipinski definition) is 0. The van der Waals surface area contributed by atoms with Crippen molar-refractivity contribution in [2.75, 3.05) is 26.3 Å². The molecular formula is C16H19NO3. The van der Waals surface area contributed by atoms with Gasteiger partial charge in [0.05, 0.1) is 13.2 Å². The lowest BCUT2D eigenvalue weighted by molar-refractivity contribution is -0.129. The van der Waals surface area contributed by atoms with Gasteiger partial charge in [0.2, 0.25) is 5.91 Å². The van der Waals surface area contributed by atoms with Gasteiger partial charge in [-0.1, -0.05) is 24.3 Å². The van der Waals surface area contributed by atoms with Crippen molar-refractivity contribution in [1.29, 1.82) is 0 Å². The first kappa shape index (κ1) is 14.5. The Kier molecular flexibility index (Phi) is 5.07. The van der Waals surface area contributed by atoms with Gasteiger partial charge in [-0.15, -0.1) is 0 Å². The van der Waals surface area contributed by atoms with Gasteiger partial charge in [0.25, 0.3) is 0 Å². The van der Waals surface area contributed by atoms with Gasteiger partial charge >= 0.3 is 0 Å². The quantitative estimate of drug-likeness (QED) is 0.784. The molecule has 1 heterocycles. The summed E-state index contributed by atoms with van der Waals surface area (Å²) in [4.78, 5) is 25.0. The first-order valence-electron chi connectivity index (χ1n) is 6.79. The van der Waals surface area contributed by atoms with Crippen LogP contribution in [0, 0.1) is 0 Å². The van der Waals surface area contributed by atoms with Crippen LogP contribution in [-0.2, 0) is 20.7 Å². The molecule has 4 nitrogen and oxygen atoms in total. The van der Waals surface area contributed by atoms with Gasteiger partial charge in [0.1, 0.15) is 5.78 Å². The predicted octanol–water partition coefficient (Wildman–Crippen LogP) is 1.69. The van der Waals surface area contributed by atoms with E-state index in [1.165, 1.54) is 0 Å². The molecule has 0 radical (unpaired) electrons. The van der Waals surface area contributed by atoms with E-state index in [0.717, 1.165) is 11.1 Å². The maximum absolute atomic E-state index is 12.0. The minimum Gasteiger partial charge on any atom is -0.378 e.